The molecule has 0 aliphatic carbocycles. The maximum atomic E-state index is 11.6. The SMILES string of the molecule is CCCCCCOC(=O)C(C)NC(=O)OC(C)(C)C. The van der Waals surface area contributed by atoms with Gasteiger partial charge in [-0.15, -0.1) is 0 Å². The first-order chi connectivity index (χ1) is 8.76. The number of alkyl carbamates (subject to hydrolysis) is 1. The van der Waals surface area contributed by atoms with E-state index in [1.807, 2.05) is 0 Å². The zero-order valence-corrected chi connectivity index (χ0v) is 12.7. The van der Waals surface area contributed by atoms with Crippen LogP contribution in [0.15, 0.2) is 0 Å². The van der Waals surface area contributed by atoms with Crippen molar-refractivity contribution in [1.29, 1.82) is 0 Å². The van der Waals surface area contributed by atoms with Crippen LogP contribution in [0.4, 0.5) is 4.79 Å². The minimum Gasteiger partial charge on any atom is -0.464 e. The second-order valence-electron chi connectivity index (χ2n) is 5.60. The van der Waals surface area contributed by atoms with Gasteiger partial charge in [-0.05, 0) is 34.1 Å². The number of carbonyl (C=O) groups is 2. The molecule has 0 aromatic heterocycles. The first-order valence-electron chi connectivity index (χ1n) is 6.92. The molecule has 0 bridgehead atoms. The van der Waals surface area contributed by atoms with Gasteiger partial charge in [0.25, 0.3) is 0 Å². The summed E-state index contributed by atoms with van der Waals surface area (Å²) in [6.45, 7) is 9.41. The van der Waals surface area contributed by atoms with Crippen LogP contribution in [0.1, 0.15) is 60.3 Å². The molecule has 0 heterocycles. The lowest BCUT2D eigenvalue weighted by molar-refractivity contribution is -0.145. The van der Waals surface area contributed by atoms with Crippen molar-refractivity contribution in [3.8, 4) is 0 Å². The number of carbonyl (C=O) groups excluding carboxylic acids is 2. The molecule has 112 valence electrons. The third kappa shape index (κ3) is 10.4. The normalized spacial score (nSPS) is 12.7. The van der Waals surface area contributed by atoms with E-state index in [9.17, 15) is 9.59 Å². The number of unbranched alkanes of at least 4 members (excludes halogenated alkanes) is 3. The first kappa shape index (κ1) is 17.7. The quantitative estimate of drug-likeness (QED) is 0.572. The Morgan fingerprint density at radius 3 is 2.32 bits per heavy atom. The highest BCUT2D eigenvalue weighted by Gasteiger charge is 2.21. The van der Waals surface area contributed by atoms with Crippen LogP contribution in [0.5, 0.6) is 0 Å². The molecule has 0 aliphatic heterocycles. The van der Waals surface area contributed by atoms with Crippen LogP contribution in [0.25, 0.3) is 0 Å². The highest BCUT2D eigenvalue weighted by molar-refractivity contribution is 5.80. The minimum absolute atomic E-state index is 0.402. The summed E-state index contributed by atoms with van der Waals surface area (Å²) < 4.78 is 10.1. The molecule has 0 fully saturated rings. The van der Waals surface area contributed by atoms with E-state index in [1.54, 1.807) is 27.7 Å². The maximum Gasteiger partial charge on any atom is 0.408 e. The van der Waals surface area contributed by atoms with Gasteiger partial charge in [0.05, 0.1) is 6.61 Å². The van der Waals surface area contributed by atoms with E-state index in [0.29, 0.717) is 6.61 Å². The molecule has 0 saturated heterocycles. The first-order valence-corrected chi connectivity index (χ1v) is 6.92. The zero-order chi connectivity index (χ0) is 14.9. The van der Waals surface area contributed by atoms with Crippen LogP contribution in [0.3, 0.4) is 0 Å². The number of amides is 1. The van der Waals surface area contributed by atoms with E-state index < -0.39 is 23.7 Å². The fourth-order valence-corrected chi connectivity index (χ4v) is 1.37. The van der Waals surface area contributed by atoms with E-state index in [4.69, 9.17) is 9.47 Å². The fourth-order valence-electron chi connectivity index (χ4n) is 1.37. The van der Waals surface area contributed by atoms with Crippen LogP contribution in [-0.2, 0) is 14.3 Å². The second kappa shape index (κ2) is 8.77. The van der Waals surface area contributed by atoms with Crippen molar-refractivity contribution in [3.05, 3.63) is 0 Å². The molecular formula is C14H27NO4. The molecule has 1 amide bonds. The Bertz CT molecular complexity index is 284. The summed E-state index contributed by atoms with van der Waals surface area (Å²) in [6.07, 6.45) is 3.59. The van der Waals surface area contributed by atoms with Crippen LogP contribution in [-0.4, -0.2) is 30.3 Å². The van der Waals surface area contributed by atoms with Gasteiger partial charge in [0, 0.05) is 0 Å². The van der Waals surface area contributed by atoms with Crippen molar-refractivity contribution in [3.63, 3.8) is 0 Å². The molecule has 0 aromatic rings. The number of nitrogens with one attached hydrogen (secondary N) is 1. The summed E-state index contributed by atoms with van der Waals surface area (Å²) in [4.78, 5) is 23.0. The Balaban J connectivity index is 3.84. The maximum absolute atomic E-state index is 11.6. The predicted molar refractivity (Wildman–Crippen MR) is 73.9 cm³/mol. The van der Waals surface area contributed by atoms with E-state index in [-0.39, 0.29) is 0 Å². The van der Waals surface area contributed by atoms with Gasteiger partial charge in [-0.1, -0.05) is 26.2 Å². The molecule has 1 atom stereocenters. The molecule has 5 nitrogen and oxygen atoms in total. The number of hydrogen-bond acceptors (Lipinski definition) is 4. The smallest absolute Gasteiger partial charge is 0.408 e. The third-order valence-corrected chi connectivity index (χ3v) is 2.33. The monoisotopic (exact) mass is 273 g/mol. The Morgan fingerprint density at radius 1 is 1.16 bits per heavy atom. The lowest BCUT2D eigenvalue weighted by Crippen LogP contribution is -2.42. The van der Waals surface area contributed by atoms with Crippen molar-refractivity contribution < 1.29 is 19.1 Å². The van der Waals surface area contributed by atoms with Gasteiger partial charge >= 0.3 is 12.1 Å². The van der Waals surface area contributed by atoms with E-state index >= 15 is 0 Å². The Kier molecular flexibility index (Phi) is 8.19. The van der Waals surface area contributed by atoms with Gasteiger partial charge in [-0.3, -0.25) is 0 Å². The van der Waals surface area contributed by atoms with Crippen molar-refractivity contribution >= 4 is 12.1 Å². The topological polar surface area (TPSA) is 64.6 Å². The van der Waals surface area contributed by atoms with Crippen molar-refractivity contribution in [1.82, 2.24) is 5.32 Å². The Hall–Kier alpha value is -1.26. The summed E-state index contributed by atoms with van der Waals surface area (Å²) in [5.41, 5.74) is -0.576. The van der Waals surface area contributed by atoms with E-state index in [0.717, 1.165) is 25.7 Å². The van der Waals surface area contributed by atoms with Crippen LogP contribution in [0, 0.1) is 0 Å². The lowest BCUT2D eigenvalue weighted by Gasteiger charge is -2.21. The van der Waals surface area contributed by atoms with Crippen molar-refractivity contribution in [2.24, 2.45) is 0 Å². The zero-order valence-electron chi connectivity index (χ0n) is 12.7. The molecular weight excluding hydrogens is 246 g/mol. The largest absolute Gasteiger partial charge is 0.464 e. The average Bonchev–Trinajstić information content (AvgIpc) is 2.25. The summed E-state index contributed by atoms with van der Waals surface area (Å²) in [7, 11) is 0. The third-order valence-electron chi connectivity index (χ3n) is 2.33. The molecule has 0 rings (SSSR count). The fraction of sp³-hybridized carbons (Fsp3) is 0.857. The number of hydrogen-bond donors (Lipinski definition) is 1. The number of ether oxygens (including phenoxy) is 2. The van der Waals surface area contributed by atoms with E-state index in [2.05, 4.69) is 12.2 Å². The molecule has 5 heteroatoms. The van der Waals surface area contributed by atoms with Gasteiger partial charge < -0.3 is 14.8 Å². The van der Waals surface area contributed by atoms with Crippen molar-refractivity contribution in [2.45, 2.75) is 71.9 Å². The number of esters is 1. The van der Waals surface area contributed by atoms with Gasteiger partial charge in [0.15, 0.2) is 0 Å². The summed E-state index contributed by atoms with van der Waals surface area (Å²) in [5, 5.41) is 2.45. The minimum atomic E-state index is -0.693. The Labute approximate surface area is 116 Å². The molecule has 19 heavy (non-hydrogen) atoms. The van der Waals surface area contributed by atoms with Crippen molar-refractivity contribution in [2.75, 3.05) is 6.61 Å². The number of rotatable bonds is 7. The van der Waals surface area contributed by atoms with Gasteiger partial charge in [-0.25, -0.2) is 9.59 Å². The van der Waals surface area contributed by atoms with E-state index in [1.165, 1.54) is 0 Å². The van der Waals surface area contributed by atoms with Gasteiger partial charge in [0.2, 0.25) is 0 Å². The standard InChI is InChI=1S/C14H27NO4/c1-6-7-8-9-10-18-12(16)11(2)15-13(17)19-14(3,4)5/h11H,6-10H2,1-5H3,(H,15,17). The van der Waals surface area contributed by atoms with Gasteiger partial charge in [-0.2, -0.15) is 0 Å². The summed E-state index contributed by atoms with van der Waals surface area (Å²) >= 11 is 0. The lowest BCUT2D eigenvalue weighted by atomic mass is 10.2. The molecule has 0 radical (unpaired) electrons. The Morgan fingerprint density at radius 2 is 1.79 bits per heavy atom. The highest BCUT2D eigenvalue weighted by atomic mass is 16.6. The molecule has 0 spiro atoms. The van der Waals surface area contributed by atoms with Crippen LogP contribution in [0.2, 0.25) is 0 Å². The van der Waals surface area contributed by atoms with Crippen LogP contribution < -0.4 is 5.32 Å². The molecule has 0 aromatic carbocycles. The average molecular weight is 273 g/mol. The predicted octanol–water partition coefficient (Wildman–Crippen LogP) is 3.02. The molecule has 1 unspecified atom stereocenters. The summed E-state index contributed by atoms with van der Waals surface area (Å²) in [6, 6.07) is -0.693. The van der Waals surface area contributed by atoms with Crippen LogP contribution >= 0.6 is 0 Å². The molecule has 1 N–H and O–H groups in total. The highest BCUT2D eigenvalue weighted by Crippen LogP contribution is 2.07. The molecule has 0 aliphatic rings. The van der Waals surface area contributed by atoms with Gasteiger partial charge in [0.1, 0.15) is 11.6 Å². The molecule has 0 saturated carbocycles. The second-order valence-corrected chi connectivity index (χ2v) is 5.60. The summed E-state index contributed by atoms with van der Waals surface area (Å²) in [5.74, 6) is -0.428.